The van der Waals surface area contributed by atoms with Crippen molar-refractivity contribution in [3.63, 3.8) is 0 Å². The van der Waals surface area contributed by atoms with Gasteiger partial charge in [-0.05, 0) is 54.5 Å². The molecular weight excluding hydrogens is 404 g/mol. The fourth-order valence-electron chi connectivity index (χ4n) is 3.42. The lowest BCUT2D eigenvalue weighted by molar-refractivity contribution is -0.111. The molecule has 5 nitrogen and oxygen atoms in total. The number of nitrogens with zero attached hydrogens (tertiary/aromatic N) is 1. The van der Waals surface area contributed by atoms with Gasteiger partial charge in [0.15, 0.2) is 0 Å². The first-order valence-corrected chi connectivity index (χ1v) is 10.5. The van der Waals surface area contributed by atoms with Gasteiger partial charge in [0.25, 0.3) is 0 Å². The zero-order valence-corrected chi connectivity index (χ0v) is 18.2. The molecule has 7 heteroatoms. The highest BCUT2D eigenvalue weighted by Gasteiger charge is 2.23. The van der Waals surface area contributed by atoms with Crippen molar-refractivity contribution >= 4 is 40.5 Å². The van der Waals surface area contributed by atoms with Gasteiger partial charge in [-0.25, -0.2) is 0 Å². The Morgan fingerprint density at radius 2 is 2.14 bits per heavy atom. The van der Waals surface area contributed by atoms with Gasteiger partial charge in [-0.15, -0.1) is 11.3 Å². The molecule has 1 aliphatic carbocycles. The molecule has 1 atom stereocenters. The van der Waals surface area contributed by atoms with Crippen molar-refractivity contribution in [3.05, 3.63) is 50.4 Å². The summed E-state index contributed by atoms with van der Waals surface area (Å²) in [5.74, 6) is 1.51. The number of nitrogens with one attached hydrogen (secondary N) is 1. The van der Waals surface area contributed by atoms with E-state index in [0.717, 1.165) is 39.8 Å². The van der Waals surface area contributed by atoms with Crippen molar-refractivity contribution in [1.29, 1.82) is 5.26 Å². The molecule has 0 bridgehead atoms. The molecule has 3 rings (SSSR count). The Labute approximate surface area is 179 Å². The predicted octanol–water partition coefficient (Wildman–Crippen LogP) is 5.14. The zero-order valence-electron chi connectivity index (χ0n) is 16.6. The molecule has 0 fully saturated rings. The van der Waals surface area contributed by atoms with Crippen LogP contribution in [0.5, 0.6) is 11.5 Å². The van der Waals surface area contributed by atoms with Crippen LogP contribution in [0.1, 0.15) is 35.6 Å². The number of nitriles is 1. The van der Waals surface area contributed by atoms with Gasteiger partial charge in [0.2, 0.25) is 5.91 Å². The minimum Gasteiger partial charge on any atom is -0.497 e. The number of methoxy groups -OCH3 is 2. The molecule has 0 aliphatic heterocycles. The van der Waals surface area contributed by atoms with Crippen LogP contribution in [0, 0.1) is 21.1 Å². The smallest absolute Gasteiger partial charge is 0.249 e. The number of rotatable bonds is 5. The number of fused-ring (bicyclic) bond motifs is 1. The first-order valence-electron chi connectivity index (χ1n) is 9.26. The lowest BCUT2D eigenvalue weighted by Gasteiger charge is -2.23. The summed E-state index contributed by atoms with van der Waals surface area (Å²) in [7, 11) is 3.14. The van der Waals surface area contributed by atoms with Crippen molar-refractivity contribution in [1.82, 2.24) is 0 Å². The monoisotopic (exact) mass is 426 g/mol. The lowest BCUT2D eigenvalue weighted by atomic mass is 9.85. The van der Waals surface area contributed by atoms with Crippen LogP contribution in [0.25, 0.3) is 6.08 Å². The van der Waals surface area contributed by atoms with Gasteiger partial charge in [-0.3, -0.25) is 4.79 Å². The molecule has 2 aromatic rings. The number of anilines is 1. The van der Waals surface area contributed by atoms with E-state index >= 15 is 0 Å². The van der Waals surface area contributed by atoms with Crippen LogP contribution in [0.15, 0.2) is 24.3 Å². The van der Waals surface area contributed by atoms with Crippen molar-refractivity contribution in [3.8, 4) is 17.6 Å². The number of benzene rings is 1. The van der Waals surface area contributed by atoms with Gasteiger partial charge < -0.3 is 14.8 Å². The summed E-state index contributed by atoms with van der Waals surface area (Å²) in [4.78, 5) is 12.5. The van der Waals surface area contributed by atoms with Crippen molar-refractivity contribution < 1.29 is 14.3 Å². The van der Waals surface area contributed by atoms with E-state index in [9.17, 15) is 10.1 Å². The van der Waals surface area contributed by atoms with Gasteiger partial charge in [0.05, 0.1) is 23.6 Å². The van der Waals surface area contributed by atoms with E-state index in [-0.39, 0.29) is 5.91 Å². The second kappa shape index (κ2) is 9.21. The van der Waals surface area contributed by atoms with Crippen molar-refractivity contribution in [2.75, 3.05) is 19.5 Å². The van der Waals surface area contributed by atoms with Crippen LogP contribution in [0.3, 0.4) is 0 Å². The Bertz CT molecular complexity index is 1070. The summed E-state index contributed by atoms with van der Waals surface area (Å²) in [6.45, 7) is 2.20. The average molecular weight is 427 g/mol. The molecular formula is C22H22N2O3S2. The lowest BCUT2D eigenvalue weighted by Crippen LogP contribution is -2.15. The van der Waals surface area contributed by atoms with Crippen LogP contribution in [0.4, 0.5) is 5.00 Å². The van der Waals surface area contributed by atoms with E-state index in [4.69, 9.17) is 21.7 Å². The van der Waals surface area contributed by atoms with Gasteiger partial charge in [0, 0.05) is 17.7 Å². The number of carbonyl (C=O) groups excluding carboxylic acids is 1. The topological polar surface area (TPSA) is 71.3 Å². The Kier molecular flexibility index (Phi) is 6.68. The largest absolute Gasteiger partial charge is 0.497 e. The van der Waals surface area contributed by atoms with E-state index in [1.54, 1.807) is 32.4 Å². The molecule has 150 valence electrons. The Morgan fingerprint density at radius 3 is 2.83 bits per heavy atom. The molecule has 0 saturated carbocycles. The minimum atomic E-state index is -0.325. The maximum atomic E-state index is 12.5. The van der Waals surface area contributed by atoms with E-state index in [1.807, 2.05) is 6.07 Å². The number of amides is 1. The summed E-state index contributed by atoms with van der Waals surface area (Å²) < 4.78 is 11.3. The molecule has 1 aromatic heterocycles. The highest BCUT2D eigenvalue weighted by atomic mass is 32.1. The number of hydrogen-bond donors (Lipinski definition) is 1. The van der Waals surface area contributed by atoms with E-state index in [0.29, 0.717) is 28.0 Å². The van der Waals surface area contributed by atoms with E-state index in [2.05, 4.69) is 18.3 Å². The van der Waals surface area contributed by atoms with Crippen LogP contribution in [-0.4, -0.2) is 20.1 Å². The van der Waals surface area contributed by atoms with Gasteiger partial charge >= 0.3 is 0 Å². The van der Waals surface area contributed by atoms with Crippen molar-refractivity contribution in [2.24, 2.45) is 5.92 Å². The fraction of sp³-hybridized carbons (Fsp3) is 0.318. The maximum absolute atomic E-state index is 12.5. The summed E-state index contributed by atoms with van der Waals surface area (Å²) in [6, 6.07) is 7.63. The third-order valence-electron chi connectivity index (χ3n) is 4.98. The minimum absolute atomic E-state index is 0.325. The van der Waals surface area contributed by atoms with Gasteiger partial charge in [0.1, 0.15) is 22.6 Å². The molecule has 0 radical (unpaired) electrons. The standard InChI is InChI=1S/C22H22N2O3S2/c1-13-4-8-16-17(10-13)22(28)29-21(18(16)12-23)24-20(25)9-6-14-5-7-15(26-2)11-19(14)27-3/h5-7,9,11,13H,4,8,10H2,1-3H3,(H,24,25)/b9-6+. The van der Waals surface area contributed by atoms with Gasteiger partial charge in [-0.2, -0.15) is 5.26 Å². The maximum Gasteiger partial charge on any atom is 0.249 e. The van der Waals surface area contributed by atoms with Gasteiger partial charge in [-0.1, -0.05) is 19.1 Å². The average Bonchev–Trinajstić information content (AvgIpc) is 2.72. The first-order chi connectivity index (χ1) is 14.0. The van der Waals surface area contributed by atoms with E-state index in [1.165, 1.54) is 17.4 Å². The Morgan fingerprint density at radius 1 is 1.34 bits per heavy atom. The quantitative estimate of drug-likeness (QED) is 0.529. The summed E-state index contributed by atoms with van der Waals surface area (Å²) in [5.41, 5.74) is 3.37. The zero-order chi connectivity index (χ0) is 21.0. The highest BCUT2D eigenvalue weighted by molar-refractivity contribution is 7.73. The van der Waals surface area contributed by atoms with Crippen LogP contribution in [-0.2, 0) is 17.6 Å². The summed E-state index contributed by atoms with van der Waals surface area (Å²) >= 11 is 6.84. The molecule has 1 unspecified atom stereocenters. The number of carbonyl (C=O) groups is 1. The molecule has 1 heterocycles. The molecule has 29 heavy (non-hydrogen) atoms. The normalized spacial score (nSPS) is 15.4. The second-order valence-corrected chi connectivity index (χ2v) is 8.63. The molecule has 0 spiro atoms. The Balaban J connectivity index is 1.85. The number of hydrogen-bond acceptors (Lipinski definition) is 6. The molecule has 1 amide bonds. The Hall–Kier alpha value is -2.69. The highest BCUT2D eigenvalue weighted by Crippen LogP contribution is 2.36. The third-order valence-corrected chi connectivity index (χ3v) is 6.42. The van der Waals surface area contributed by atoms with Crippen LogP contribution in [0.2, 0.25) is 0 Å². The molecule has 1 aromatic carbocycles. The van der Waals surface area contributed by atoms with E-state index < -0.39 is 0 Å². The fourth-order valence-corrected chi connectivity index (χ4v) is 4.82. The van der Waals surface area contributed by atoms with Crippen LogP contribution < -0.4 is 14.8 Å². The third kappa shape index (κ3) is 4.66. The SMILES string of the molecule is COc1ccc(/C=C/C(=O)Nc2sc(=S)c3c(c2C#N)CCC(C)C3)c(OC)c1. The second-order valence-electron chi connectivity index (χ2n) is 6.94. The molecule has 1 N–H and O–H groups in total. The molecule has 1 aliphatic rings. The molecule has 0 saturated heterocycles. The first kappa shape index (κ1) is 21.0. The summed E-state index contributed by atoms with van der Waals surface area (Å²) in [6.07, 6.45) is 5.82. The predicted molar refractivity (Wildman–Crippen MR) is 118 cm³/mol. The van der Waals surface area contributed by atoms with Crippen LogP contribution >= 0.6 is 23.6 Å². The summed E-state index contributed by atoms with van der Waals surface area (Å²) in [5, 5.41) is 13.0. The van der Waals surface area contributed by atoms with Crippen molar-refractivity contribution in [2.45, 2.75) is 26.2 Å². The number of ether oxygens (including phenoxy) is 2.